The fourth-order valence-electron chi connectivity index (χ4n) is 1.44. The van der Waals surface area contributed by atoms with E-state index < -0.39 is 0 Å². The number of rotatable bonds is 6. The molecule has 0 radical (unpaired) electrons. The molecule has 0 fully saturated rings. The van der Waals surface area contributed by atoms with Crippen molar-refractivity contribution in [1.29, 1.82) is 0 Å². The van der Waals surface area contributed by atoms with Crippen molar-refractivity contribution < 1.29 is 9.90 Å². The van der Waals surface area contributed by atoms with Gasteiger partial charge in [0.25, 0.3) is 0 Å². The molecule has 18 heavy (non-hydrogen) atoms. The second kappa shape index (κ2) is 7.61. The zero-order valence-electron chi connectivity index (χ0n) is 10.6. The number of hydrogen-bond donors (Lipinski definition) is 3. The fraction of sp³-hybridized carbons (Fsp3) is 0.583. The van der Waals surface area contributed by atoms with Gasteiger partial charge in [-0.25, -0.2) is 4.79 Å². The van der Waals surface area contributed by atoms with Crippen molar-refractivity contribution in [3.8, 4) is 0 Å². The van der Waals surface area contributed by atoms with Gasteiger partial charge in [0.1, 0.15) is 0 Å². The van der Waals surface area contributed by atoms with Crippen LogP contribution in [0.25, 0.3) is 0 Å². The van der Waals surface area contributed by atoms with Crippen molar-refractivity contribution in [2.45, 2.75) is 38.8 Å². The summed E-state index contributed by atoms with van der Waals surface area (Å²) in [4.78, 5) is 12.6. The summed E-state index contributed by atoms with van der Waals surface area (Å²) in [6.07, 6.45) is 0.926. The van der Waals surface area contributed by atoms with Crippen LogP contribution < -0.4 is 10.6 Å². The Kier molecular flexibility index (Phi) is 6.46. The molecule has 1 aromatic heterocycles. The van der Waals surface area contributed by atoms with Crippen LogP contribution in [-0.4, -0.2) is 23.8 Å². The molecule has 1 aromatic rings. The highest BCUT2D eigenvalue weighted by Crippen LogP contribution is 2.26. The Labute approximate surface area is 116 Å². The van der Waals surface area contributed by atoms with Gasteiger partial charge in [-0.05, 0) is 31.9 Å². The molecule has 0 saturated carbocycles. The van der Waals surface area contributed by atoms with Crippen LogP contribution in [0.15, 0.2) is 12.1 Å². The van der Waals surface area contributed by atoms with Crippen LogP contribution >= 0.6 is 22.9 Å². The number of urea groups is 1. The van der Waals surface area contributed by atoms with Gasteiger partial charge in [-0.15, -0.1) is 11.3 Å². The number of aliphatic hydroxyl groups excluding tert-OH is 1. The second-order valence-electron chi connectivity index (χ2n) is 4.11. The van der Waals surface area contributed by atoms with Gasteiger partial charge in [-0.2, -0.15) is 0 Å². The molecule has 2 amide bonds. The molecule has 0 aliphatic rings. The molecule has 2 unspecified atom stereocenters. The molecule has 0 spiro atoms. The van der Waals surface area contributed by atoms with Gasteiger partial charge < -0.3 is 15.7 Å². The van der Waals surface area contributed by atoms with Crippen LogP contribution in [0.4, 0.5) is 4.79 Å². The molecule has 4 nitrogen and oxygen atoms in total. The second-order valence-corrected chi connectivity index (χ2v) is 5.86. The molecule has 3 N–H and O–H groups in total. The Balaban J connectivity index is 2.27. The Bertz CT molecular complexity index is 384. The van der Waals surface area contributed by atoms with Gasteiger partial charge in [0.2, 0.25) is 0 Å². The minimum atomic E-state index is -0.348. The van der Waals surface area contributed by atoms with Crippen molar-refractivity contribution in [2.24, 2.45) is 0 Å². The maximum atomic E-state index is 11.6. The predicted molar refractivity (Wildman–Crippen MR) is 75.2 cm³/mol. The summed E-state index contributed by atoms with van der Waals surface area (Å²) in [6.45, 7) is 4.29. The number of hydrogen-bond acceptors (Lipinski definition) is 3. The smallest absolute Gasteiger partial charge is 0.315 e. The number of amides is 2. The lowest BCUT2D eigenvalue weighted by atomic mass is 10.2. The van der Waals surface area contributed by atoms with E-state index in [1.807, 2.05) is 26.0 Å². The molecule has 1 heterocycles. The van der Waals surface area contributed by atoms with E-state index in [9.17, 15) is 9.90 Å². The largest absolute Gasteiger partial charge is 0.393 e. The Morgan fingerprint density at radius 3 is 2.83 bits per heavy atom. The zero-order valence-corrected chi connectivity index (χ0v) is 12.1. The average Bonchev–Trinajstić information content (AvgIpc) is 2.75. The standard InChI is InChI=1S/C12H19ClN2O2S/c1-3-9(16)6-7-14-12(17)15-8(2)10-4-5-11(13)18-10/h4-5,8-9,16H,3,6-7H2,1-2H3,(H2,14,15,17). The minimum absolute atomic E-state index is 0.0707. The summed E-state index contributed by atoms with van der Waals surface area (Å²) in [7, 11) is 0. The third-order valence-electron chi connectivity index (χ3n) is 2.60. The maximum Gasteiger partial charge on any atom is 0.315 e. The Hall–Kier alpha value is -0.780. The molecular formula is C12H19ClN2O2S. The molecule has 2 atom stereocenters. The molecule has 0 saturated heterocycles. The van der Waals surface area contributed by atoms with E-state index in [1.54, 1.807) is 0 Å². The zero-order chi connectivity index (χ0) is 13.5. The van der Waals surface area contributed by atoms with Gasteiger partial charge in [0.05, 0.1) is 16.5 Å². The first-order valence-corrected chi connectivity index (χ1v) is 7.20. The maximum absolute atomic E-state index is 11.6. The molecule has 0 bridgehead atoms. The molecule has 0 aliphatic carbocycles. The highest BCUT2D eigenvalue weighted by molar-refractivity contribution is 7.16. The van der Waals surface area contributed by atoms with Crippen LogP contribution in [0.3, 0.4) is 0 Å². The SMILES string of the molecule is CCC(O)CCNC(=O)NC(C)c1ccc(Cl)s1. The van der Waals surface area contributed by atoms with E-state index in [1.165, 1.54) is 11.3 Å². The van der Waals surface area contributed by atoms with Crippen LogP contribution in [0.5, 0.6) is 0 Å². The van der Waals surface area contributed by atoms with Crippen molar-refractivity contribution >= 4 is 29.0 Å². The number of carbonyl (C=O) groups is 1. The minimum Gasteiger partial charge on any atom is -0.393 e. The van der Waals surface area contributed by atoms with Crippen molar-refractivity contribution in [2.75, 3.05) is 6.54 Å². The Morgan fingerprint density at radius 1 is 1.56 bits per heavy atom. The Morgan fingerprint density at radius 2 is 2.28 bits per heavy atom. The van der Waals surface area contributed by atoms with Gasteiger partial charge in [-0.3, -0.25) is 0 Å². The number of aliphatic hydroxyl groups is 1. The normalized spacial score (nSPS) is 14.0. The van der Waals surface area contributed by atoms with E-state index >= 15 is 0 Å². The molecule has 102 valence electrons. The lowest BCUT2D eigenvalue weighted by Gasteiger charge is -2.14. The quantitative estimate of drug-likeness (QED) is 0.754. The third kappa shape index (κ3) is 5.25. The van der Waals surface area contributed by atoms with Crippen molar-refractivity contribution in [3.05, 3.63) is 21.3 Å². The summed E-state index contributed by atoms with van der Waals surface area (Å²) < 4.78 is 0.713. The van der Waals surface area contributed by atoms with Gasteiger partial charge in [0.15, 0.2) is 0 Å². The highest BCUT2D eigenvalue weighted by Gasteiger charge is 2.11. The lowest BCUT2D eigenvalue weighted by molar-refractivity contribution is 0.160. The third-order valence-corrected chi connectivity index (χ3v) is 4.02. The van der Waals surface area contributed by atoms with Gasteiger partial charge in [-0.1, -0.05) is 18.5 Å². The average molecular weight is 291 g/mol. The van der Waals surface area contributed by atoms with Gasteiger partial charge in [0, 0.05) is 11.4 Å². The summed E-state index contributed by atoms with van der Waals surface area (Å²) in [5.74, 6) is 0. The first-order valence-electron chi connectivity index (χ1n) is 6.00. The number of halogens is 1. The first kappa shape index (κ1) is 15.3. The topological polar surface area (TPSA) is 61.4 Å². The van der Waals surface area contributed by atoms with E-state index in [4.69, 9.17) is 11.6 Å². The number of carbonyl (C=O) groups excluding carboxylic acids is 1. The molecular weight excluding hydrogens is 272 g/mol. The van der Waals surface area contributed by atoms with E-state index in [2.05, 4.69) is 10.6 Å². The summed E-state index contributed by atoms with van der Waals surface area (Å²) in [5, 5.41) is 14.9. The van der Waals surface area contributed by atoms with E-state index in [0.29, 0.717) is 23.7 Å². The number of nitrogens with one attached hydrogen (secondary N) is 2. The predicted octanol–water partition coefficient (Wildman–Crippen LogP) is 2.92. The lowest BCUT2D eigenvalue weighted by Crippen LogP contribution is -2.38. The molecule has 1 rings (SSSR count). The van der Waals surface area contributed by atoms with Crippen LogP contribution in [0, 0.1) is 0 Å². The first-order chi connectivity index (χ1) is 8.52. The van der Waals surface area contributed by atoms with Crippen LogP contribution in [0.1, 0.15) is 37.6 Å². The molecule has 0 aromatic carbocycles. The van der Waals surface area contributed by atoms with E-state index in [-0.39, 0.29) is 18.2 Å². The highest BCUT2D eigenvalue weighted by atomic mass is 35.5. The fourth-order valence-corrected chi connectivity index (χ4v) is 2.50. The monoisotopic (exact) mass is 290 g/mol. The number of thiophene rings is 1. The van der Waals surface area contributed by atoms with Crippen molar-refractivity contribution in [1.82, 2.24) is 10.6 Å². The molecule has 0 aliphatic heterocycles. The summed E-state index contributed by atoms with van der Waals surface area (Å²) in [5.41, 5.74) is 0. The summed E-state index contributed by atoms with van der Waals surface area (Å²) >= 11 is 7.29. The van der Waals surface area contributed by atoms with Crippen LogP contribution in [-0.2, 0) is 0 Å². The van der Waals surface area contributed by atoms with Crippen LogP contribution in [0.2, 0.25) is 4.34 Å². The van der Waals surface area contributed by atoms with E-state index in [0.717, 1.165) is 4.88 Å². The van der Waals surface area contributed by atoms with Gasteiger partial charge >= 0.3 is 6.03 Å². The van der Waals surface area contributed by atoms with Crippen molar-refractivity contribution in [3.63, 3.8) is 0 Å². The molecule has 6 heteroatoms. The summed E-state index contributed by atoms with van der Waals surface area (Å²) in [6, 6.07) is 3.42.